The van der Waals surface area contributed by atoms with Crippen LogP contribution in [-0.2, 0) is 4.79 Å². The lowest BCUT2D eigenvalue weighted by atomic mass is 9.77. The zero-order valence-corrected chi connectivity index (χ0v) is 17.0. The van der Waals surface area contributed by atoms with E-state index in [0.29, 0.717) is 11.8 Å². The summed E-state index contributed by atoms with van der Waals surface area (Å²) in [6.45, 7) is 2.38. The molecule has 0 saturated heterocycles. The highest BCUT2D eigenvalue weighted by atomic mass is 16.1. The fourth-order valence-corrected chi connectivity index (χ4v) is 5.53. The van der Waals surface area contributed by atoms with Gasteiger partial charge in [-0.15, -0.1) is 0 Å². The van der Waals surface area contributed by atoms with Crippen molar-refractivity contribution in [1.29, 1.82) is 0 Å². The maximum atomic E-state index is 11.2. The first-order valence-electron chi connectivity index (χ1n) is 11.8. The molecule has 1 heteroatoms. The van der Waals surface area contributed by atoms with Gasteiger partial charge < -0.3 is 4.79 Å². The van der Waals surface area contributed by atoms with Gasteiger partial charge in [0.1, 0.15) is 6.29 Å². The Labute approximate surface area is 157 Å². The Morgan fingerprint density at radius 1 is 0.720 bits per heavy atom. The Hall–Kier alpha value is -0.330. The average Bonchev–Trinajstić information content (AvgIpc) is 2.67. The van der Waals surface area contributed by atoms with Crippen LogP contribution in [-0.4, -0.2) is 6.29 Å². The number of unbranched alkanes of at least 4 members (excludes halogenated alkanes) is 6. The largest absolute Gasteiger partial charge is 0.303 e. The van der Waals surface area contributed by atoms with Crippen molar-refractivity contribution < 1.29 is 4.79 Å². The van der Waals surface area contributed by atoms with Crippen LogP contribution in [0.2, 0.25) is 0 Å². The van der Waals surface area contributed by atoms with Crippen LogP contribution in [0.25, 0.3) is 0 Å². The third-order valence-corrected chi connectivity index (χ3v) is 7.30. The second kappa shape index (κ2) is 12.9. The first-order valence-corrected chi connectivity index (χ1v) is 11.8. The normalized spacial score (nSPS) is 30.3. The van der Waals surface area contributed by atoms with E-state index in [1.165, 1.54) is 115 Å². The molecular weight excluding hydrogens is 304 g/mol. The molecule has 0 aromatic rings. The molecule has 1 nitrogen and oxygen atoms in total. The van der Waals surface area contributed by atoms with Gasteiger partial charge in [0.05, 0.1) is 0 Å². The Morgan fingerprint density at radius 3 is 2.08 bits per heavy atom. The van der Waals surface area contributed by atoms with Crippen molar-refractivity contribution in [3.05, 3.63) is 0 Å². The van der Waals surface area contributed by atoms with Crippen LogP contribution in [0, 0.1) is 23.7 Å². The predicted octanol–water partition coefficient (Wildman–Crippen LogP) is 7.72. The molecule has 2 aliphatic carbocycles. The van der Waals surface area contributed by atoms with Gasteiger partial charge in [-0.1, -0.05) is 96.8 Å². The van der Waals surface area contributed by atoms with Gasteiger partial charge in [0.25, 0.3) is 0 Å². The summed E-state index contributed by atoms with van der Waals surface area (Å²) < 4.78 is 0. The van der Waals surface area contributed by atoms with Crippen LogP contribution in [0.3, 0.4) is 0 Å². The maximum Gasteiger partial charge on any atom is 0.123 e. The fraction of sp³-hybridized carbons (Fsp3) is 0.958. The molecule has 0 aliphatic heterocycles. The zero-order chi connectivity index (χ0) is 17.7. The summed E-state index contributed by atoms with van der Waals surface area (Å²) in [5, 5.41) is 0. The second-order valence-electron chi connectivity index (χ2n) is 9.20. The molecule has 0 bridgehead atoms. The quantitative estimate of drug-likeness (QED) is 0.260. The van der Waals surface area contributed by atoms with Crippen LogP contribution in [0.1, 0.15) is 122 Å². The molecule has 2 saturated carbocycles. The van der Waals surface area contributed by atoms with Crippen molar-refractivity contribution in [2.45, 2.75) is 122 Å². The third-order valence-electron chi connectivity index (χ3n) is 7.30. The molecule has 2 fully saturated rings. The Balaban J connectivity index is 1.39. The van der Waals surface area contributed by atoms with Crippen LogP contribution in [0.4, 0.5) is 0 Å². The van der Waals surface area contributed by atoms with Gasteiger partial charge in [-0.05, 0) is 43.4 Å². The van der Waals surface area contributed by atoms with Crippen molar-refractivity contribution in [2.75, 3.05) is 0 Å². The topological polar surface area (TPSA) is 17.1 Å². The lowest BCUT2D eigenvalue weighted by Crippen LogP contribution is -2.20. The van der Waals surface area contributed by atoms with E-state index in [1.54, 1.807) is 0 Å². The van der Waals surface area contributed by atoms with E-state index < -0.39 is 0 Å². The molecule has 4 unspecified atom stereocenters. The summed E-state index contributed by atoms with van der Waals surface area (Å²) >= 11 is 0. The summed E-state index contributed by atoms with van der Waals surface area (Å²) in [4.78, 5) is 11.2. The van der Waals surface area contributed by atoms with E-state index in [4.69, 9.17) is 0 Å². The predicted molar refractivity (Wildman–Crippen MR) is 109 cm³/mol. The smallest absolute Gasteiger partial charge is 0.123 e. The standard InChI is InChI=1S/C24H44O/c1-2-21-14-12-15-22(19-21)13-8-6-4-3-5-7-9-16-23-17-10-11-18-24(23)20-25/h20-24H,2-19H2,1H3. The SMILES string of the molecule is CCC1CCCC(CCCCCCCCCC2CCCCC2C=O)C1. The molecule has 0 aromatic carbocycles. The molecule has 0 amide bonds. The third kappa shape index (κ3) is 8.27. The molecule has 4 atom stereocenters. The van der Waals surface area contributed by atoms with Crippen molar-refractivity contribution in [1.82, 2.24) is 0 Å². The number of hydrogen-bond acceptors (Lipinski definition) is 1. The van der Waals surface area contributed by atoms with Gasteiger partial charge in [-0.2, -0.15) is 0 Å². The van der Waals surface area contributed by atoms with Crippen molar-refractivity contribution >= 4 is 6.29 Å². The van der Waals surface area contributed by atoms with Gasteiger partial charge >= 0.3 is 0 Å². The Bertz CT molecular complexity index is 337. The summed E-state index contributed by atoms with van der Waals surface area (Å²) in [5.41, 5.74) is 0. The Kier molecular flexibility index (Phi) is 10.9. The number of hydrogen-bond donors (Lipinski definition) is 0. The molecule has 0 aromatic heterocycles. The lowest BCUT2D eigenvalue weighted by molar-refractivity contribution is -0.113. The average molecular weight is 349 g/mol. The van der Waals surface area contributed by atoms with Crippen LogP contribution < -0.4 is 0 Å². The minimum absolute atomic E-state index is 0.390. The molecule has 0 heterocycles. The molecule has 2 aliphatic rings. The number of aldehydes is 1. The summed E-state index contributed by atoms with van der Waals surface area (Å²) in [5.74, 6) is 3.20. The van der Waals surface area contributed by atoms with Gasteiger partial charge in [-0.25, -0.2) is 0 Å². The Morgan fingerprint density at radius 2 is 1.36 bits per heavy atom. The van der Waals surface area contributed by atoms with Gasteiger partial charge in [0.15, 0.2) is 0 Å². The fourth-order valence-electron chi connectivity index (χ4n) is 5.53. The highest BCUT2D eigenvalue weighted by Gasteiger charge is 2.23. The van der Waals surface area contributed by atoms with Crippen molar-refractivity contribution in [3.63, 3.8) is 0 Å². The molecule has 0 N–H and O–H groups in total. The summed E-state index contributed by atoms with van der Waals surface area (Å²) in [7, 11) is 0. The van der Waals surface area contributed by atoms with Crippen LogP contribution >= 0.6 is 0 Å². The molecule has 0 radical (unpaired) electrons. The monoisotopic (exact) mass is 348 g/mol. The molecule has 146 valence electrons. The van der Waals surface area contributed by atoms with E-state index >= 15 is 0 Å². The minimum atomic E-state index is 0.390. The molecule has 2 rings (SSSR count). The molecular formula is C24H44O. The molecule has 25 heavy (non-hydrogen) atoms. The highest BCUT2D eigenvalue weighted by molar-refractivity contribution is 5.54. The van der Waals surface area contributed by atoms with Gasteiger partial charge in [-0.3, -0.25) is 0 Å². The second-order valence-corrected chi connectivity index (χ2v) is 9.20. The van der Waals surface area contributed by atoms with Gasteiger partial charge in [0, 0.05) is 5.92 Å². The summed E-state index contributed by atoms with van der Waals surface area (Å²) in [6, 6.07) is 0. The van der Waals surface area contributed by atoms with E-state index in [9.17, 15) is 4.79 Å². The minimum Gasteiger partial charge on any atom is -0.303 e. The van der Waals surface area contributed by atoms with Gasteiger partial charge in [0.2, 0.25) is 0 Å². The van der Waals surface area contributed by atoms with E-state index in [1.807, 2.05) is 0 Å². The van der Waals surface area contributed by atoms with E-state index in [-0.39, 0.29) is 0 Å². The lowest BCUT2D eigenvalue weighted by Gasteiger charge is -2.28. The summed E-state index contributed by atoms with van der Waals surface area (Å²) in [6.07, 6.45) is 26.6. The maximum absolute atomic E-state index is 11.2. The number of carbonyl (C=O) groups excluding carboxylic acids is 1. The van der Waals surface area contributed by atoms with Crippen LogP contribution in [0.15, 0.2) is 0 Å². The van der Waals surface area contributed by atoms with Crippen molar-refractivity contribution in [2.24, 2.45) is 23.7 Å². The first kappa shape index (κ1) is 21.0. The molecule has 0 spiro atoms. The van der Waals surface area contributed by atoms with Crippen LogP contribution in [0.5, 0.6) is 0 Å². The first-order chi connectivity index (χ1) is 12.3. The number of carbonyl (C=O) groups is 1. The van der Waals surface area contributed by atoms with E-state index in [0.717, 1.165) is 18.3 Å². The highest BCUT2D eigenvalue weighted by Crippen LogP contribution is 2.34. The van der Waals surface area contributed by atoms with E-state index in [2.05, 4.69) is 6.92 Å². The zero-order valence-electron chi connectivity index (χ0n) is 17.0. The van der Waals surface area contributed by atoms with Crippen molar-refractivity contribution in [3.8, 4) is 0 Å². The number of rotatable bonds is 12.